The van der Waals surface area contributed by atoms with E-state index in [1.165, 1.54) is 0 Å². The predicted molar refractivity (Wildman–Crippen MR) is 113 cm³/mol. The molecular formula is C20H30N6O3. The highest BCUT2D eigenvalue weighted by atomic mass is 16.5. The van der Waals surface area contributed by atoms with Crippen LogP contribution in [0.4, 0.5) is 5.69 Å². The first-order chi connectivity index (χ1) is 13.8. The van der Waals surface area contributed by atoms with Gasteiger partial charge in [0.05, 0.1) is 24.0 Å². The van der Waals surface area contributed by atoms with Crippen molar-refractivity contribution in [3.8, 4) is 0 Å². The summed E-state index contributed by atoms with van der Waals surface area (Å²) >= 11 is 0. The Hall–Kier alpha value is -2.39. The monoisotopic (exact) mass is 402 g/mol. The molecule has 0 amide bonds. The Morgan fingerprint density at radius 2 is 2.03 bits per heavy atom. The smallest absolute Gasteiger partial charge is 0.350 e. The predicted octanol–water partition coefficient (Wildman–Crippen LogP) is 0.351. The highest BCUT2D eigenvalue weighted by molar-refractivity contribution is 5.83. The van der Waals surface area contributed by atoms with Gasteiger partial charge in [0.2, 0.25) is 0 Å². The Labute approximate surface area is 169 Å². The summed E-state index contributed by atoms with van der Waals surface area (Å²) in [4.78, 5) is 31.9. The van der Waals surface area contributed by atoms with Crippen LogP contribution in [0.3, 0.4) is 0 Å². The van der Waals surface area contributed by atoms with Crippen LogP contribution in [0.25, 0.3) is 11.0 Å². The fraction of sp³-hybridized carbons (Fsp3) is 0.650. The van der Waals surface area contributed by atoms with Gasteiger partial charge < -0.3 is 21.2 Å². The summed E-state index contributed by atoms with van der Waals surface area (Å²) in [6.07, 6.45) is 3.54. The van der Waals surface area contributed by atoms with E-state index in [-0.39, 0.29) is 17.6 Å². The molecule has 158 valence electrons. The van der Waals surface area contributed by atoms with E-state index in [9.17, 15) is 9.59 Å². The normalized spacial score (nSPS) is 23.1. The average Bonchev–Trinajstić information content (AvgIpc) is 3.46. The molecule has 3 heterocycles. The van der Waals surface area contributed by atoms with E-state index >= 15 is 0 Å². The quantitative estimate of drug-likeness (QED) is 0.669. The first-order valence-corrected chi connectivity index (χ1v) is 10.3. The number of anilines is 1. The third-order valence-electron chi connectivity index (χ3n) is 6.34. The number of aromatic nitrogens is 3. The molecule has 1 saturated heterocycles. The Balaban J connectivity index is 1.76. The Bertz CT molecular complexity index is 1040. The van der Waals surface area contributed by atoms with Gasteiger partial charge in [0.25, 0.3) is 0 Å². The third kappa shape index (κ3) is 3.32. The van der Waals surface area contributed by atoms with Crippen molar-refractivity contribution < 1.29 is 4.74 Å². The number of rotatable bonds is 6. The SMILES string of the molecule is CCOCC(N)C1CN(c2cnc3c(=O)n(N)c(=O)n(C4CC4)c3c2C)CC1C. The first-order valence-electron chi connectivity index (χ1n) is 10.3. The van der Waals surface area contributed by atoms with Crippen LogP contribution in [-0.4, -0.2) is 46.6 Å². The average molecular weight is 402 g/mol. The number of ether oxygens (including phenoxy) is 1. The van der Waals surface area contributed by atoms with E-state index in [4.69, 9.17) is 16.3 Å². The summed E-state index contributed by atoms with van der Waals surface area (Å²) in [6.45, 7) is 8.97. The van der Waals surface area contributed by atoms with Crippen molar-refractivity contribution in [1.82, 2.24) is 14.2 Å². The van der Waals surface area contributed by atoms with E-state index in [1.807, 2.05) is 13.8 Å². The van der Waals surface area contributed by atoms with Gasteiger partial charge in [-0.05, 0) is 38.5 Å². The van der Waals surface area contributed by atoms with Crippen molar-refractivity contribution in [3.63, 3.8) is 0 Å². The molecule has 0 radical (unpaired) electrons. The van der Waals surface area contributed by atoms with E-state index in [2.05, 4.69) is 16.8 Å². The first kappa shape index (κ1) is 19.9. The van der Waals surface area contributed by atoms with Gasteiger partial charge in [0.1, 0.15) is 0 Å². The second kappa shape index (κ2) is 7.46. The summed E-state index contributed by atoms with van der Waals surface area (Å²) in [7, 11) is 0. The highest BCUT2D eigenvalue weighted by Crippen LogP contribution is 2.38. The minimum Gasteiger partial charge on any atom is -0.380 e. The largest absolute Gasteiger partial charge is 0.380 e. The Kier molecular flexibility index (Phi) is 5.12. The number of aryl methyl sites for hydroxylation is 1. The summed E-state index contributed by atoms with van der Waals surface area (Å²) < 4.78 is 7.85. The summed E-state index contributed by atoms with van der Waals surface area (Å²) in [6, 6.07) is 0.0544. The molecule has 2 aromatic rings. The minimum absolute atomic E-state index is 0.0299. The molecule has 1 aliphatic carbocycles. The molecule has 0 aromatic carbocycles. The Morgan fingerprint density at radius 1 is 1.31 bits per heavy atom. The maximum Gasteiger partial charge on any atom is 0.350 e. The van der Waals surface area contributed by atoms with E-state index < -0.39 is 11.2 Å². The van der Waals surface area contributed by atoms with Crippen LogP contribution in [0.2, 0.25) is 0 Å². The lowest BCUT2D eigenvalue weighted by Crippen LogP contribution is -2.45. The van der Waals surface area contributed by atoms with E-state index in [1.54, 1.807) is 10.8 Å². The highest BCUT2D eigenvalue weighted by Gasteiger charge is 2.36. The fourth-order valence-corrected chi connectivity index (χ4v) is 4.56. The van der Waals surface area contributed by atoms with Crippen LogP contribution in [0, 0.1) is 18.8 Å². The van der Waals surface area contributed by atoms with Crippen molar-refractivity contribution in [3.05, 3.63) is 32.6 Å². The fourth-order valence-electron chi connectivity index (χ4n) is 4.56. The van der Waals surface area contributed by atoms with Crippen molar-refractivity contribution in [2.24, 2.45) is 17.6 Å². The standard InChI is InChI=1S/C20H30N6O3/c1-4-29-10-15(21)14-9-24(8-11(14)2)16-7-23-17-18(12(16)3)25(13-5-6-13)20(28)26(22)19(17)27/h7,11,13-15H,4-6,8-10,21-22H2,1-3H3. The number of nitrogens with zero attached hydrogens (tertiary/aromatic N) is 4. The molecule has 3 unspecified atom stereocenters. The number of pyridine rings is 1. The molecule has 4 N–H and O–H groups in total. The second-order valence-corrected chi connectivity index (χ2v) is 8.39. The topological polar surface area (TPSA) is 121 Å². The maximum absolute atomic E-state index is 12.7. The maximum atomic E-state index is 12.7. The van der Waals surface area contributed by atoms with E-state index in [0.29, 0.717) is 35.2 Å². The van der Waals surface area contributed by atoms with Gasteiger partial charge in [-0.25, -0.2) is 9.78 Å². The molecule has 2 fully saturated rings. The van der Waals surface area contributed by atoms with Crippen molar-refractivity contribution in [2.75, 3.05) is 37.0 Å². The second-order valence-electron chi connectivity index (χ2n) is 8.39. The van der Waals surface area contributed by atoms with Gasteiger partial charge in [-0.1, -0.05) is 6.92 Å². The molecule has 1 saturated carbocycles. The molecule has 4 rings (SSSR count). The van der Waals surface area contributed by atoms with Crippen LogP contribution < -0.4 is 27.7 Å². The zero-order valence-corrected chi connectivity index (χ0v) is 17.3. The molecule has 0 bridgehead atoms. The van der Waals surface area contributed by atoms with Crippen LogP contribution in [0.15, 0.2) is 15.8 Å². The molecule has 2 aliphatic rings. The molecule has 1 aliphatic heterocycles. The number of hydrogen-bond donors (Lipinski definition) is 2. The van der Waals surface area contributed by atoms with Crippen LogP contribution in [0.1, 0.15) is 38.3 Å². The van der Waals surface area contributed by atoms with Crippen LogP contribution in [-0.2, 0) is 4.74 Å². The molecule has 2 aromatic heterocycles. The number of fused-ring (bicyclic) bond motifs is 1. The third-order valence-corrected chi connectivity index (χ3v) is 6.34. The lowest BCUT2D eigenvalue weighted by atomic mass is 9.91. The molecule has 3 atom stereocenters. The lowest BCUT2D eigenvalue weighted by Gasteiger charge is -2.24. The Morgan fingerprint density at radius 3 is 2.69 bits per heavy atom. The summed E-state index contributed by atoms with van der Waals surface area (Å²) in [5.74, 6) is 6.44. The van der Waals surface area contributed by atoms with Gasteiger partial charge in [-0.15, -0.1) is 0 Å². The van der Waals surface area contributed by atoms with Gasteiger partial charge in [0, 0.05) is 37.3 Å². The van der Waals surface area contributed by atoms with Gasteiger partial charge >= 0.3 is 11.2 Å². The molecule has 0 spiro atoms. The minimum atomic E-state index is -0.553. The molecule has 9 heteroatoms. The van der Waals surface area contributed by atoms with Crippen molar-refractivity contribution in [1.29, 1.82) is 0 Å². The molecule has 9 nitrogen and oxygen atoms in total. The number of nitrogen functional groups attached to an aromatic ring is 1. The van der Waals surface area contributed by atoms with Gasteiger partial charge in [-0.2, -0.15) is 4.68 Å². The van der Waals surface area contributed by atoms with E-state index in [0.717, 1.165) is 37.2 Å². The number of hydrogen-bond acceptors (Lipinski definition) is 7. The summed E-state index contributed by atoms with van der Waals surface area (Å²) in [5.41, 5.74) is 8.05. The zero-order valence-electron chi connectivity index (χ0n) is 17.3. The van der Waals surface area contributed by atoms with Crippen LogP contribution >= 0.6 is 0 Å². The van der Waals surface area contributed by atoms with Gasteiger partial charge in [-0.3, -0.25) is 9.36 Å². The van der Waals surface area contributed by atoms with Crippen molar-refractivity contribution in [2.45, 2.75) is 45.7 Å². The summed E-state index contributed by atoms with van der Waals surface area (Å²) in [5, 5.41) is 0. The van der Waals surface area contributed by atoms with Gasteiger partial charge in [0.15, 0.2) is 5.52 Å². The number of nitrogens with two attached hydrogens (primary N) is 2. The molecule has 29 heavy (non-hydrogen) atoms. The zero-order chi connectivity index (χ0) is 20.9. The van der Waals surface area contributed by atoms with Crippen LogP contribution in [0.5, 0.6) is 0 Å². The van der Waals surface area contributed by atoms with Crippen molar-refractivity contribution >= 4 is 16.7 Å². The lowest BCUT2D eigenvalue weighted by molar-refractivity contribution is 0.113. The molecular weight excluding hydrogens is 372 g/mol.